The third-order valence-electron chi connectivity index (χ3n) is 4.61. The van der Waals surface area contributed by atoms with Gasteiger partial charge < -0.3 is 26.2 Å². The Morgan fingerprint density at radius 2 is 1.55 bits per heavy atom. The summed E-state index contributed by atoms with van der Waals surface area (Å²) in [6.07, 6.45) is 0. The number of quaternary nitrogens is 1. The van der Waals surface area contributed by atoms with Crippen LogP contribution in [0.25, 0.3) is 0 Å². The molecule has 2 aromatic rings. The first-order valence-electron chi connectivity index (χ1n) is 9.25. The number of nitrogens with one attached hydrogen (secondary N) is 3. The predicted molar refractivity (Wildman–Crippen MR) is 113 cm³/mol. The third-order valence-corrected chi connectivity index (χ3v) is 4.61. The highest BCUT2D eigenvalue weighted by Crippen LogP contribution is 2.16. The maximum Gasteiger partial charge on any atom is 0.313 e. The van der Waals surface area contributed by atoms with Gasteiger partial charge in [0.2, 0.25) is 5.91 Å². The zero-order valence-electron chi connectivity index (χ0n) is 17.2. The molecular formula is C21H28N5O3+. The Morgan fingerprint density at radius 1 is 0.966 bits per heavy atom. The first kappa shape index (κ1) is 21.9. The molecule has 0 aliphatic carbocycles. The van der Waals surface area contributed by atoms with Gasteiger partial charge in [-0.1, -0.05) is 12.1 Å². The monoisotopic (exact) mass is 398 g/mol. The van der Waals surface area contributed by atoms with Gasteiger partial charge in [0.1, 0.15) is 6.04 Å². The molecule has 29 heavy (non-hydrogen) atoms. The van der Waals surface area contributed by atoms with Crippen LogP contribution in [0, 0.1) is 0 Å². The van der Waals surface area contributed by atoms with Crippen molar-refractivity contribution in [1.82, 2.24) is 5.32 Å². The fourth-order valence-electron chi connectivity index (χ4n) is 2.84. The molecule has 0 bridgehead atoms. The van der Waals surface area contributed by atoms with Crippen molar-refractivity contribution in [2.45, 2.75) is 6.04 Å². The second-order valence-electron chi connectivity index (χ2n) is 7.22. The van der Waals surface area contributed by atoms with Gasteiger partial charge >= 0.3 is 11.8 Å². The van der Waals surface area contributed by atoms with Crippen LogP contribution in [0.5, 0.6) is 0 Å². The second-order valence-corrected chi connectivity index (χ2v) is 7.22. The number of rotatable bonds is 7. The van der Waals surface area contributed by atoms with Crippen molar-refractivity contribution in [3.8, 4) is 0 Å². The minimum atomic E-state index is -0.771. The molecule has 2 rings (SSSR count). The van der Waals surface area contributed by atoms with E-state index in [4.69, 9.17) is 5.73 Å². The summed E-state index contributed by atoms with van der Waals surface area (Å²) in [5.41, 5.74) is 8.07. The summed E-state index contributed by atoms with van der Waals surface area (Å²) in [7, 11) is 7.95. The maximum absolute atomic E-state index is 12.2. The Balaban J connectivity index is 1.97. The molecule has 3 amide bonds. The van der Waals surface area contributed by atoms with Crippen molar-refractivity contribution < 1.29 is 19.3 Å². The average Bonchev–Trinajstić information content (AvgIpc) is 2.68. The van der Waals surface area contributed by atoms with Crippen molar-refractivity contribution in [2.75, 3.05) is 45.0 Å². The number of nitrogens with zero attached hydrogens (tertiary/aromatic N) is 1. The van der Waals surface area contributed by atoms with E-state index < -0.39 is 17.7 Å². The highest BCUT2D eigenvalue weighted by Gasteiger charge is 2.21. The van der Waals surface area contributed by atoms with E-state index in [0.717, 1.165) is 16.2 Å². The van der Waals surface area contributed by atoms with E-state index in [1.54, 1.807) is 0 Å². The van der Waals surface area contributed by atoms with Crippen LogP contribution in [-0.4, -0.2) is 52.5 Å². The normalized spacial score (nSPS) is 11.6. The quantitative estimate of drug-likeness (QED) is 0.484. The Labute approximate surface area is 170 Å². The van der Waals surface area contributed by atoms with Gasteiger partial charge in [0.05, 0.1) is 20.6 Å². The molecule has 0 spiro atoms. The fraction of sp³-hybridized carbons (Fsp3) is 0.286. The molecule has 2 aromatic carbocycles. The number of primary amides is 1. The molecule has 1 atom stereocenters. The number of hydrogen-bond acceptors (Lipinski definition) is 4. The lowest BCUT2D eigenvalue weighted by atomic mass is 10.1. The number of carbonyl (C=O) groups excluding carboxylic acids is 3. The zero-order chi connectivity index (χ0) is 21.6. The van der Waals surface area contributed by atoms with E-state index in [1.165, 1.54) is 24.3 Å². The molecule has 0 saturated heterocycles. The molecule has 0 radical (unpaired) electrons. The Bertz CT molecular complexity index is 861. The van der Waals surface area contributed by atoms with Crippen LogP contribution in [0.3, 0.4) is 0 Å². The average molecular weight is 398 g/mol. The van der Waals surface area contributed by atoms with Gasteiger partial charge in [0.25, 0.3) is 0 Å². The molecular weight excluding hydrogens is 370 g/mol. The fourth-order valence-corrected chi connectivity index (χ4v) is 2.84. The number of carbonyl (C=O) groups is 3. The van der Waals surface area contributed by atoms with Crippen molar-refractivity contribution in [3.05, 3.63) is 59.7 Å². The van der Waals surface area contributed by atoms with E-state index in [1.807, 2.05) is 57.4 Å². The summed E-state index contributed by atoms with van der Waals surface area (Å²) in [5, 5.41) is 5.20. The van der Waals surface area contributed by atoms with Crippen LogP contribution in [0.2, 0.25) is 0 Å². The first-order valence-corrected chi connectivity index (χ1v) is 9.25. The van der Waals surface area contributed by atoms with Gasteiger partial charge in [-0.2, -0.15) is 0 Å². The molecule has 0 unspecified atom stereocenters. The Kier molecular flexibility index (Phi) is 7.33. The number of nitrogens with two attached hydrogens (primary N) is 1. The van der Waals surface area contributed by atoms with E-state index in [0.29, 0.717) is 17.8 Å². The molecule has 0 heterocycles. The first-order chi connectivity index (χ1) is 13.7. The summed E-state index contributed by atoms with van der Waals surface area (Å²) in [5.74, 6) is -2.05. The third kappa shape index (κ3) is 6.05. The van der Waals surface area contributed by atoms with Gasteiger partial charge in [-0.25, -0.2) is 0 Å². The van der Waals surface area contributed by atoms with Crippen molar-refractivity contribution in [3.63, 3.8) is 0 Å². The smallest absolute Gasteiger partial charge is 0.313 e. The van der Waals surface area contributed by atoms with Crippen molar-refractivity contribution >= 4 is 29.1 Å². The second kappa shape index (κ2) is 9.70. The van der Waals surface area contributed by atoms with E-state index in [2.05, 4.69) is 10.6 Å². The van der Waals surface area contributed by atoms with Gasteiger partial charge in [-0.15, -0.1) is 0 Å². The zero-order valence-corrected chi connectivity index (χ0v) is 17.2. The van der Waals surface area contributed by atoms with Gasteiger partial charge in [-0.3, -0.25) is 14.4 Å². The van der Waals surface area contributed by atoms with E-state index in [-0.39, 0.29) is 6.04 Å². The lowest BCUT2D eigenvalue weighted by Crippen LogP contribution is -3.07. The van der Waals surface area contributed by atoms with Crippen LogP contribution in [0.1, 0.15) is 22.0 Å². The maximum atomic E-state index is 12.2. The highest BCUT2D eigenvalue weighted by molar-refractivity contribution is 6.39. The number of benzene rings is 2. The molecule has 8 heteroatoms. The minimum Gasteiger partial charge on any atom is -0.378 e. The molecule has 0 saturated carbocycles. The largest absolute Gasteiger partial charge is 0.378 e. The standard InChI is InChI=1S/C21H27N5O3/c1-25(2)17-11-7-14(8-12-17)18(26(3)4)13-23-20(28)21(29)24-16-9-5-15(6-10-16)19(22)27/h5-12,18H,13H2,1-4H3,(H2,22,27)(H,23,28)(H,24,29)/p+1/t18-/m1/s1. The van der Waals surface area contributed by atoms with E-state index in [9.17, 15) is 14.4 Å². The van der Waals surface area contributed by atoms with Crippen LogP contribution in [0.4, 0.5) is 11.4 Å². The molecule has 0 aliphatic rings. The Morgan fingerprint density at radius 3 is 2.03 bits per heavy atom. The Hall–Kier alpha value is -3.39. The highest BCUT2D eigenvalue weighted by atomic mass is 16.2. The van der Waals surface area contributed by atoms with Crippen LogP contribution >= 0.6 is 0 Å². The lowest BCUT2D eigenvalue weighted by molar-refractivity contribution is -0.890. The summed E-state index contributed by atoms with van der Waals surface area (Å²) in [4.78, 5) is 38.6. The SMILES string of the molecule is CN(C)c1ccc([C@@H](CNC(=O)C(=O)Nc2ccc(C(N)=O)cc2)[NH+](C)C)cc1. The molecule has 8 nitrogen and oxygen atoms in total. The van der Waals surface area contributed by atoms with Crippen molar-refractivity contribution in [1.29, 1.82) is 0 Å². The van der Waals surface area contributed by atoms with Crippen molar-refractivity contribution in [2.24, 2.45) is 5.73 Å². The lowest BCUT2D eigenvalue weighted by Gasteiger charge is -2.23. The minimum absolute atomic E-state index is 0.00203. The van der Waals surface area contributed by atoms with Crippen LogP contribution in [-0.2, 0) is 9.59 Å². The molecule has 0 aliphatic heterocycles. The molecule has 0 aromatic heterocycles. The summed E-state index contributed by atoms with van der Waals surface area (Å²) in [6.45, 7) is 0.316. The van der Waals surface area contributed by atoms with Gasteiger partial charge in [-0.05, 0) is 36.4 Å². The van der Waals surface area contributed by atoms with Crippen LogP contribution < -0.4 is 26.2 Å². The number of amides is 3. The molecule has 154 valence electrons. The van der Waals surface area contributed by atoms with E-state index >= 15 is 0 Å². The molecule has 0 fully saturated rings. The molecule has 5 N–H and O–H groups in total. The van der Waals surface area contributed by atoms with Gasteiger partial charge in [0.15, 0.2) is 0 Å². The number of likely N-dealkylation sites (N-methyl/N-ethyl adjacent to an activating group) is 1. The summed E-state index contributed by atoms with van der Waals surface area (Å²) in [6, 6.07) is 14.1. The number of hydrogen-bond donors (Lipinski definition) is 4. The number of anilines is 2. The van der Waals surface area contributed by atoms with Crippen LogP contribution in [0.15, 0.2) is 48.5 Å². The van der Waals surface area contributed by atoms with Gasteiger partial charge in [0, 0.05) is 36.6 Å². The topological polar surface area (TPSA) is 109 Å². The predicted octanol–water partition coefficient (Wildman–Crippen LogP) is -0.208. The summed E-state index contributed by atoms with van der Waals surface area (Å²) < 4.78 is 0. The summed E-state index contributed by atoms with van der Waals surface area (Å²) >= 11 is 0.